The Bertz CT molecular complexity index is 679. The fourth-order valence-corrected chi connectivity index (χ4v) is 4.01. The van der Waals surface area contributed by atoms with Crippen molar-refractivity contribution < 1.29 is 14.4 Å². The van der Waals surface area contributed by atoms with Gasteiger partial charge < -0.3 is 15.5 Å². The summed E-state index contributed by atoms with van der Waals surface area (Å²) in [5.41, 5.74) is 1.50. The predicted octanol–water partition coefficient (Wildman–Crippen LogP) is 1.13. The lowest BCUT2D eigenvalue weighted by Gasteiger charge is -2.28. The van der Waals surface area contributed by atoms with Crippen molar-refractivity contribution in [1.82, 2.24) is 20.4 Å². The number of nitrogens with zero attached hydrogens (tertiary/aromatic N) is 2. The molecule has 1 aromatic carbocycles. The minimum Gasteiger partial charge on any atom is -0.331 e. The number of rotatable bonds is 3. The van der Waals surface area contributed by atoms with Crippen LogP contribution in [0.5, 0.6) is 0 Å². The van der Waals surface area contributed by atoms with E-state index in [0.717, 1.165) is 37.9 Å². The third kappa shape index (κ3) is 3.41. The van der Waals surface area contributed by atoms with E-state index in [1.807, 2.05) is 17.0 Å². The summed E-state index contributed by atoms with van der Waals surface area (Å²) in [6, 6.07) is 7.50. The summed E-state index contributed by atoms with van der Waals surface area (Å²) < 4.78 is 0. The third-order valence-electron chi connectivity index (χ3n) is 5.37. The van der Waals surface area contributed by atoms with E-state index in [4.69, 9.17) is 0 Å². The van der Waals surface area contributed by atoms with E-state index in [0.29, 0.717) is 11.6 Å². The van der Waals surface area contributed by atoms with Gasteiger partial charge in [0.25, 0.3) is 5.91 Å². The highest BCUT2D eigenvalue weighted by molar-refractivity contribution is 6.01. The van der Waals surface area contributed by atoms with Crippen molar-refractivity contribution in [1.29, 1.82) is 0 Å². The summed E-state index contributed by atoms with van der Waals surface area (Å²) in [5.74, 6) is -0.142. The van der Waals surface area contributed by atoms with Crippen LogP contribution in [-0.2, 0) is 11.3 Å². The number of carbonyl (C=O) groups is 3. The van der Waals surface area contributed by atoms with Crippen LogP contribution in [0, 0.1) is 0 Å². The maximum Gasteiger partial charge on any atom is 0.324 e. The lowest BCUT2D eigenvalue weighted by atomic mass is 10.1. The van der Waals surface area contributed by atoms with Crippen LogP contribution in [0.3, 0.4) is 0 Å². The van der Waals surface area contributed by atoms with Gasteiger partial charge in [0.05, 0.1) is 13.1 Å². The van der Waals surface area contributed by atoms with E-state index in [2.05, 4.69) is 10.6 Å². The number of urea groups is 1. The molecule has 0 saturated carbocycles. The van der Waals surface area contributed by atoms with Gasteiger partial charge >= 0.3 is 6.03 Å². The Labute approximate surface area is 158 Å². The first-order valence-electron chi connectivity index (χ1n) is 8.84. The third-order valence-corrected chi connectivity index (χ3v) is 5.37. The topological polar surface area (TPSA) is 81.8 Å². The summed E-state index contributed by atoms with van der Waals surface area (Å²) in [7, 11) is 0. The van der Waals surface area contributed by atoms with Gasteiger partial charge in [0, 0.05) is 24.2 Å². The Morgan fingerprint density at radius 1 is 1.08 bits per heavy atom. The summed E-state index contributed by atoms with van der Waals surface area (Å²) in [5, 5.41) is 5.91. The second kappa shape index (κ2) is 7.63. The van der Waals surface area contributed by atoms with Crippen molar-refractivity contribution in [3.63, 3.8) is 0 Å². The summed E-state index contributed by atoms with van der Waals surface area (Å²) >= 11 is 0. The van der Waals surface area contributed by atoms with Gasteiger partial charge in [-0.1, -0.05) is 12.1 Å². The van der Waals surface area contributed by atoms with Crippen molar-refractivity contribution in [2.24, 2.45) is 0 Å². The fraction of sp³-hybridized carbons (Fsp3) is 0.500. The maximum absolute atomic E-state index is 12.9. The molecule has 0 radical (unpaired) electrons. The molecule has 7 nitrogen and oxygen atoms in total. The molecular weight excluding hydrogens is 356 g/mol. The Morgan fingerprint density at radius 2 is 1.81 bits per heavy atom. The van der Waals surface area contributed by atoms with Crippen molar-refractivity contribution in [3.05, 3.63) is 35.4 Å². The quantitative estimate of drug-likeness (QED) is 0.772. The number of hydrogen-bond donors (Lipinski definition) is 2. The lowest BCUT2D eigenvalue weighted by Crippen LogP contribution is -2.42. The molecule has 0 aromatic heterocycles. The first-order valence-corrected chi connectivity index (χ1v) is 8.84. The van der Waals surface area contributed by atoms with Crippen LogP contribution in [0.25, 0.3) is 0 Å². The smallest absolute Gasteiger partial charge is 0.324 e. The van der Waals surface area contributed by atoms with E-state index in [-0.39, 0.29) is 49.4 Å². The Balaban J connectivity index is 0.00000196. The highest BCUT2D eigenvalue weighted by Crippen LogP contribution is 2.29. The van der Waals surface area contributed by atoms with Gasteiger partial charge in [0.1, 0.15) is 0 Å². The van der Waals surface area contributed by atoms with Gasteiger partial charge in [0.2, 0.25) is 5.91 Å². The van der Waals surface area contributed by atoms with Gasteiger partial charge in [-0.15, -0.1) is 12.4 Å². The molecule has 2 bridgehead atoms. The molecule has 3 aliphatic rings. The van der Waals surface area contributed by atoms with Crippen LogP contribution >= 0.6 is 12.4 Å². The SMILES string of the molecule is Cl.O=C1CNC(=O)N1Cc1ccc(C(=O)N2C3CCNCC2CC3)cc1. The molecule has 3 fully saturated rings. The minimum absolute atomic E-state index is 0. The molecule has 1 aromatic rings. The minimum atomic E-state index is -0.362. The molecule has 3 aliphatic heterocycles. The molecular formula is C18H23ClN4O3. The Morgan fingerprint density at radius 3 is 2.50 bits per heavy atom. The predicted molar refractivity (Wildman–Crippen MR) is 98.1 cm³/mol. The van der Waals surface area contributed by atoms with Crippen LogP contribution < -0.4 is 10.6 Å². The van der Waals surface area contributed by atoms with E-state index in [1.54, 1.807) is 12.1 Å². The zero-order valence-electron chi connectivity index (χ0n) is 14.4. The average Bonchev–Trinajstić information content (AvgIpc) is 3.06. The van der Waals surface area contributed by atoms with Gasteiger partial charge in [-0.05, 0) is 43.5 Å². The summed E-state index contributed by atoms with van der Waals surface area (Å²) in [6.07, 6.45) is 3.16. The van der Waals surface area contributed by atoms with Crippen LogP contribution in [0.2, 0.25) is 0 Å². The van der Waals surface area contributed by atoms with Crippen molar-refractivity contribution in [2.75, 3.05) is 19.6 Å². The number of nitrogens with one attached hydrogen (secondary N) is 2. The van der Waals surface area contributed by atoms with E-state index in [1.165, 1.54) is 4.90 Å². The molecule has 0 aliphatic carbocycles. The monoisotopic (exact) mass is 378 g/mol. The molecule has 4 amide bonds. The molecule has 2 atom stereocenters. The van der Waals surface area contributed by atoms with Crippen LogP contribution in [0.15, 0.2) is 24.3 Å². The summed E-state index contributed by atoms with van der Waals surface area (Å²) in [6.45, 7) is 2.13. The van der Waals surface area contributed by atoms with Gasteiger partial charge in [-0.25, -0.2) is 4.79 Å². The number of hydrogen-bond acceptors (Lipinski definition) is 4. The second-order valence-corrected chi connectivity index (χ2v) is 6.93. The van der Waals surface area contributed by atoms with Crippen LogP contribution in [0.4, 0.5) is 4.79 Å². The molecule has 3 saturated heterocycles. The first-order chi connectivity index (χ1) is 12.1. The lowest BCUT2D eigenvalue weighted by molar-refractivity contribution is -0.125. The van der Waals surface area contributed by atoms with Crippen molar-refractivity contribution in [3.8, 4) is 0 Å². The Hall–Kier alpha value is -2.12. The first kappa shape index (κ1) is 18.7. The van der Waals surface area contributed by atoms with E-state index >= 15 is 0 Å². The molecule has 3 heterocycles. The number of imide groups is 1. The van der Waals surface area contributed by atoms with Crippen molar-refractivity contribution >= 4 is 30.3 Å². The van der Waals surface area contributed by atoms with Gasteiger partial charge in [0.15, 0.2) is 0 Å². The number of carbonyl (C=O) groups excluding carboxylic acids is 3. The van der Waals surface area contributed by atoms with Gasteiger partial charge in [-0.2, -0.15) is 0 Å². The van der Waals surface area contributed by atoms with E-state index in [9.17, 15) is 14.4 Å². The Kier molecular flexibility index (Phi) is 5.48. The fourth-order valence-electron chi connectivity index (χ4n) is 4.01. The number of amides is 4. The van der Waals surface area contributed by atoms with Crippen LogP contribution in [-0.4, -0.2) is 59.4 Å². The average molecular weight is 379 g/mol. The number of benzene rings is 1. The normalized spacial score (nSPS) is 24.9. The highest BCUT2D eigenvalue weighted by atomic mass is 35.5. The molecule has 2 N–H and O–H groups in total. The van der Waals surface area contributed by atoms with Crippen LogP contribution in [0.1, 0.15) is 35.2 Å². The van der Waals surface area contributed by atoms with E-state index < -0.39 is 0 Å². The standard InChI is InChI=1S/C18H22N4O3.ClH/c23-16-10-20-18(25)21(16)11-12-1-3-13(4-2-12)17(24)22-14-5-6-15(22)9-19-8-7-14;/h1-4,14-15,19H,5-11H2,(H,20,25);1H. The molecule has 0 spiro atoms. The number of halogens is 1. The summed E-state index contributed by atoms with van der Waals surface area (Å²) in [4.78, 5) is 39.5. The van der Waals surface area contributed by atoms with Crippen molar-refractivity contribution in [2.45, 2.75) is 37.9 Å². The number of fused-ring (bicyclic) bond motifs is 2. The molecule has 8 heteroatoms. The molecule has 2 unspecified atom stereocenters. The molecule has 140 valence electrons. The molecule has 26 heavy (non-hydrogen) atoms. The zero-order valence-corrected chi connectivity index (χ0v) is 15.3. The largest absolute Gasteiger partial charge is 0.331 e. The second-order valence-electron chi connectivity index (χ2n) is 6.93. The molecule has 4 rings (SSSR count). The zero-order chi connectivity index (χ0) is 17.4. The van der Waals surface area contributed by atoms with Gasteiger partial charge in [-0.3, -0.25) is 14.5 Å². The maximum atomic E-state index is 12.9. The highest BCUT2D eigenvalue weighted by Gasteiger charge is 2.38.